The maximum absolute atomic E-state index is 13.5. The van der Waals surface area contributed by atoms with E-state index in [1.54, 1.807) is 12.1 Å². The van der Waals surface area contributed by atoms with E-state index >= 15 is 0 Å². The predicted octanol–water partition coefficient (Wildman–Crippen LogP) is 3.99. The first-order valence-corrected chi connectivity index (χ1v) is 9.26. The van der Waals surface area contributed by atoms with E-state index in [4.69, 9.17) is 4.74 Å². The second kappa shape index (κ2) is 6.67. The zero-order valence-electron chi connectivity index (χ0n) is 14.8. The van der Waals surface area contributed by atoms with E-state index in [9.17, 15) is 4.39 Å². The molecule has 27 heavy (non-hydrogen) atoms. The number of rotatable bonds is 4. The predicted molar refractivity (Wildman–Crippen MR) is 105 cm³/mol. The number of benzene rings is 2. The van der Waals surface area contributed by atoms with E-state index < -0.39 is 0 Å². The Morgan fingerprint density at radius 2 is 2.15 bits per heavy atom. The Hall–Kier alpha value is -2.92. The number of hydrogen-bond donors (Lipinski definition) is 2. The second-order valence-electron chi connectivity index (χ2n) is 7.03. The molecule has 2 aromatic carbocycles. The molecule has 1 aliphatic heterocycles. The summed E-state index contributed by atoms with van der Waals surface area (Å²) in [5, 5.41) is 5.71. The third-order valence-electron chi connectivity index (χ3n) is 5.30. The lowest BCUT2D eigenvalue weighted by Gasteiger charge is -2.27. The molecule has 5 heteroatoms. The van der Waals surface area contributed by atoms with Gasteiger partial charge in [-0.1, -0.05) is 6.07 Å². The molecule has 2 N–H and O–H groups in total. The smallest absolute Gasteiger partial charge is 0.123 e. The minimum Gasteiger partial charge on any atom is -0.492 e. The van der Waals surface area contributed by atoms with Crippen molar-refractivity contribution >= 4 is 21.8 Å². The van der Waals surface area contributed by atoms with Crippen molar-refractivity contribution in [1.82, 2.24) is 15.3 Å². The number of nitrogens with one attached hydrogen (secondary N) is 2. The standard InChI is InChI=1S/C22H20FN3O/c23-15-3-4-21-18(10-15)14(12-26-21)7-9-24-16-11-19-17-2-1-8-25-20(17)5-6-22(19)27-13-16/h1-6,8,10,12,16,24,26H,7,9,11,13H2/t16-/m0/s1. The van der Waals surface area contributed by atoms with Crippen LogP contribution in [0.4, 0.5) is 4.39 Å². The molecule has 0 aliphatic carbocycles. The summed E-state index contributed by atoms with van der Waals surface area (Å²) in [6, 6.07) is 13.2. The zero-order chi connectivity index (χ0) is 18.2. The number of halogens is 1. The van der Waals surface area contributed by atoms with Crippen molar-refractivity contribution < 1.29 is 9.13 Å². The van der Waals surface area contributed by atoms with Crippen LogP contribution in [0, 0.1) is 5.82 Å². The summed E-state index contributed by atoms with van der Waals surface area (Å²) >= 11 is 0. The van der Waals surface area contributed by atoms with Gasteiger partial charge in [0.15, 0.2) is 0 Å². The zero-order valence-corrected chi connectivity index (χ0v) is 14.8. The van der Waals surface area contributed by atoms with Gasteiger partial charge >= 0.3 is 0 Å². The number of aromatic amines is 1. The summed E-state index contributed by atoms with van der Waals surface area (Å²) in [5.41, 5.74) is 4.32. The van der Waals surface area contributed by atoms with Crippen LogP contribution < -0.4 is 10.1 Å². The summed E-state index contributed by atoms with van der Waals surface area (Å²) in [7, 11) is 0. The van der Waals surface area contributed by atoms with Gasteiger partial charge in [-0.05, 0) is 61.3 Å². The molecule has 4 nitrogen and oxygen atoms in total. The fourth-order valence-electron chi connectivity index (χ4n) is 3.93. The minimum absolute atomic E-state index is 0.200. The molecule has 0 unspecified atom stereocenters. The first-order chi connectivity index (χ1) is 13.3. The quantitative estimate of drug-likeness (QED) is 0.578. The molecule has 0 saturated heterocycles. The fourth-order valence-corrected chi connectivity index (χ4v) is 3.93. The summed E-state index contributed by atoms with van der Waals surface area (Å²) in [6.07, 6.45) is 5.54. The summed E-state index contributed by atoms with van der Waals surface area (Å²) < 4.78 is 19.5. The van der Waals surface area contributed by atoms with Gasteiger partial charge in [0.1, 0.15) is 18.2 Å². The van der Waals surface area contributed by atoms with Crippen LogP contribution >= 0.6 is 0 Å². The van der Waals surface area contributed by atoms with Crippen LogP contribution in [0.1, 0.15) is 11.1 Å². The van der Waals surface area contributed by atoms with Crippen molar-refractivity contribution in [3.05, 3.63) is 71.8 Å². The molecule has 136 valence electrons. The van der Waals surface area contributed by atoms with Gasteiger partial charge in [-0.3, -0.25) is 4.98 Å². The molecule has 2 aromatic heterocycles. The van der Waals surface area contributed by atoms with Gasteiger partial charge in [0.2, 0.25) is 0 Å². The van der Waals surface area contributed by atoms with E-state index in [2.05, 4.69) is 21.4 Å². The maximum Gasteiger partial charge on any atom is 0.123 e. The Balaban J connectivity index is 1.29. The topological polar surface area (TPSA) is 49.9 Å². The Morgan fingerprint density at radius 3 is 3.11 bits per heavy atom. The number of fused-ring (bicyclic) bond motifs is 4. The van der Waals surface area contributed by atoms with E-state index in [0.717, 1.165) is 52.5 Å². The number of pyridine rings is 1. The lowest BCUT2D eigenvalue weighted by Crippen LogP contribution is -2.40. The van der Waals surface area contributed by atoms with Gasteiger partial charge in [0.25, 0.3) is 0 Å². The average molecular weight is 361 g/mol. The molecule has 0 saturated carbocycles. The first-order valence-electron chi connectivity index (χ1n) is 9.26. The van der Waals surface area contributed by atoms with Gasteiger partial charge in [0, 0.05) is 40.3 Å². The molecule has 5 rings (SSSR count). The molecule has 0 fully saturated rings. The molecular weight excluding hydrogens is 341 g/mol. The van der Waals surface area contributed by atoms with Crippen LogP contribution in [0.3, 0.4) is 0 Å². The average Bonchev–Trinajstić information content (AvgIpc) is 3.10. The Labute approximate surface area is 156 Å². The van der Waals surface area contributed by atoms with Gasteiger partial charge < -0.3 is 15.0 Å². The van der Waals surface area contributed by atoms with E-state index in [-0.39, 0.29) is 11.9 Å². The van der Waals surface area contributed by atoms with E-state index in [0.29, 0.717) is 6.61 Å². The van der Waals surface area contributed by atoms with Gasteiger partial charge in [-0.25, -0.2) is 4.39 Å². The maximum atomic E-state index is 13.5. The number of ether oxygens (including phenoxy) is 1. The molecule has 3 heterocycles. The van der Waals surface area contributed by atoms with Crippen LogP contribution in [-0.4, -0.2) is 29.2 Å². The fraction of sp³-hybridized carbons (Fsp3) is 0.227. The van der Waals surface area contributed by atoms with Gasteiger partial charge in [-0.2, -0.15) is 0 Å². The Kier molecular flexibility index (Phi) is 4.02. The first kappa shape index (κ1) is 16.3. The number of H-pyrrole nitrogens is 1. The lowest BCUT2D eigenvalue weighted by molar-refractivity contribution is 0.240. The second-order valence-corrected chi connectivity index (χ2v) is 7.03. The SMILES string of the molecule is Fc1ccc2[nH]cc(CCN[C@@H]3COc4ccc5ncccc5c4C3)c2c1. The highest BCUT2D eigenvalue weighted by Crippen LogP contribution is 2.31. The monoisotopic (exact) mass is 361 g/mol. The van der Waals surface area contributed by atoms with Crippen LogP contribution in [0.25, 0.3) is 21.8 Å². The highest BCUT2D eigenvalue weighted by Gasteiger charge is 2.21. The lowest BCUT2D eigenvalue weighted by atomic mass is 9.98. The number of hydrogen-bond acceptors (Lipinski definition) is 3. The van der Waals surface area contributed by atoms with Crippen molar-refractivity contribution in [2.45, 2.75) is 18.9 Å². The molecule has 0 amide bonds. The molecule has 4 aromatic rings. The normalized spacial score (nSPS) is 16.4. The van der Waals surface area contributed by atoms with Crippen molar-refractivity contribution in [2.24, 2.45) is 0 Å². The molecule has 0 spiro atoms. The third kappa shape index (κ3) is 3.04. The van der Waals surface area contributed by atoms with Crippen LogP contribution in [-0.2, 0) is 12.8 Å². The van der Waals surface area contributed by atoms with Crippen molar-refractivity contribution in [3.8, 4) is 5.75 Å². The van der Waals surface area contributed by atoms with Crippen LogP contribution in [0.5, 0.6) is 5.75 Å². The Bertz CT molecular complexity index is 1120. The summed E-state index contributed by atoms with van der Waals surface area (Å²) in [5.74, 6) is 0.759. The van der Waals surface area contributed by atoms with Crippen molar-refractivity contribution in [1.29, 1.82) is 0 Å². The van der Waals surface area contributed by atoms with Gasteiger partial charge in [-0.15, -0.1) is 0 Å². The largest absolute Gasteiger partial charge is 0.492 e. The molecule has 1 aliphatic rings. The molecular formula is C22H20FN3O. The number of nitrogens with zero attached hydrogens (tertiary/aromatic N) is 1. The third-order valence-corrected chi connectivity index (χ3v) is 5.30. The highest BCUT2D eigenvalue weighted by atomic mass is 19.1. The van der Waals surface area contributed by atoms with Gasteiger partial charge in [0.05, 0.1) is 5.52 Å². The summed E-state index contributed by atoms with van der Waals surface area (Å²) in [6.45, 7) is 1.47. The summed E-state index contributed by atoms with van der Waals surface area (Å²) in [4.78, 5) is 7.65. The molecule has 0 radical (unpaired) electrons. The van der Waals surface area contributed by atoms with E-state index in [1.165, 1.54) is 11.6 Å². The molecule has 0 bridgehead atoms. The minimum atomic E-state index is -0.200. The Morgan fingerprint density at radius 1 is 1.19 bits per heavy atom. The van der Waals surface area contributed by atoms with E-state index in [1.807, 2.05) is 30.6 Å². The highest BCUT2D eigenvalue weighted by molar-refractivity contribution is 5.85. The van der Waals surface area contributed by atoms with Crippen molar-refractivity contribution in [2.75, 3.05) is 13.2 Å². The van der Waals surface area contributed by atoms with Crippen molar-refractivity contribution in [3.63, 3.8) is 0 Å². The van der Waals surface area contributed by atoms with Crippen LogP contribution in [0.15, 0.2) is 54.9 Å². The molecule has 1 atom stereocenters. The number of aromatic nitrogens is 2. The van der Waals surface area contributed by atoms with Crippen LogP contribution in [0.2, 0.25) is 0 Å².